The zero-order valence-corrected chi connectivity index (χ0v) is 13.3. The third kappa shape index (κ3) is 3.11. The highest BCUT2D eigenvalue weighted by molar-refractivity contribution is 7.96. The van der Waals surface area contributed by atoms with Crippen molar-refractivity contribution in [2.45, 2.75) is 43.8 Å². The summed E-state index contributed by atoms with van der Waals surface area (Å²) in [5.41, 5.74) is 0.00818. The summed E-state index contributed by atoms with van der Waals surface area (Å²) in [5.74, 6) is 0.799. The van der Waals surface area contributed by atoms with Gasteiger partial charge in [-0.05, 0) is 61.7 Å². The Hall–Kier alpha value is -0.440. The summed E-state index contributed by atoms with van der Waals surface area (Å²) in [4.78, 5) is 13.0. The van der Waals surface area contributed by atoms with Crippen molar-refractivity contribution in [2.75, 3.05) is 13.6 Å². The first kappa shape index (κ1) is 16.4. The van der Waals surface area contributed by atoms with Crippen molar-refractivity contribution in [3.05, 3.63) is 0 Å². The van der Waals surface area contributed by atoms with E-state index >= 15 is 0 Å². The van der Waals surface area contributed by atoms with E-state index in [9.17, 15) is 13.6 Å². The Labute approximate surface area is 132 Å². The molecule has 5 nitrogen and oxygen atoms in total. The third-order valence-corrected chi connectivity index (χ3v) is 6.02. The zero-order chi connectivity index (χ0) is 16.0. The molecule has 1 N–H and O–H groups in total. The Balaban J connectivity index is 1.64. The van der Waals surface area contributed by atoms with E-state index in [-0.39, 0.29) is 5.41 Å². The smallest absolute Gasteiger partial charge is 0.339 e. The van der Waals surface area contributed by atoms with E-state index in [1.54, 1.807) is 0 Å². The fourth-order valence-corrected chi connectivity index (χ4v) is 5.72. The molecule has 0 aliphatic heterocycles. The summed E-state index contributed by atoms with van der Waals surface area (Å²) in [6, 6.07) is 0. The van der Waals surface area contributed by atoms with Gasteiger partial charge >= 0.3 is 11.2 Å². The number of alkyl halides is 2. The molecule has 8 heteroatoms. The second-order valence-corrected chi connectivity index (χ2v) is 8.14. The van der Waals surface area contributed by atoms with E-state index in [4.69, 9.17) is 5.26 Å². The fourth-order valence-electron chi connectivity index (χ4n) is 5.37. The number of amides is 1. The van der Waals surface area contributed by atoms with Gasteiger partial charge in [-0.1, -0.05) is 5.04 Å². The summed E-state index contributed by atoms with van der Waals surface area (Å²) < 4.78 is 31.1. The van der Waals surface area contributed by atoms with Crippen LogP contribution in [0.2, 0.25) is 0 Å². The lowest BCUT2D eigenvalue weighted by atomic mass is 9.49. The largest absolute Gasteiger partial charge is 0.397 e. The second-order valence-electron chi connectivity index (χ2n) is 7.32. The monoisotopic (exact) mass is 337 g/mol. The highest BCUT2D eigenvalue weighted by Crippen LogP contribution is 2.60. The van der Waals surface area contributed by atoms with Gasteiger partial charge in [-0.25, -0.2) is 5.26 Å². The van der Waals surface area contributed by atoms with Gasteiger partial charge in [0.1, 0.15) is 12.0 Å². The van der Waals surface area contributed by atoms with Crippen LogP contribution in [0, 0.1) is 23.2 Å². The van der Waals surface area contributed by atoms with Gasteiger partial charge in [-0.15, -0.1) is 4.33 Å². The summed E-state index contributed by atoms with van der Waals surface area (Å²) in [7, 11) is 1.41. The van der Waals surface area contributed by atoms with Gasteiger partial charge in [0.2, 0.25) is 0 Å². The Bertz CT molecular complexity index is 413. The van der Waals surface area contributed by atoms with E-state index in [2.05, 4.69) is 9.37 Å². The first-order valence-electron chi connectivity index (χ1n) is 7.63. The van der Waals surface area contributed by atoms with Gasteiger partial charge in [-0.3, -0.25) is 4.79 Å². The number of rotatable bonds is 6. The van der Waals surface area contributed by atoms with Gasteiger partial charge < -0.3 is 4.90 Å². The van der Waals surface area contributed by atoms with Crippen molar-refractivity contribution in [2.24, 2.45) is 23.2 Å². The minimum atomic E-state index is -3.78. The highest BCUT2D eigenvalue weighted by atomic mass is 32.2. The molecular formula is C14H21F2NO4S. The maximum Gasteiger partial charge on any atom is 0.397 e. The van der Waals surface area contributed by atoms with E-state index in [0.717, 1.165) is 24.2 Å². The molecule has 0 aromatic carbocycles. The number of carbonyl (C=O) groups excluding carboxylic acids is 1. The SMILES string of the molecule is CN(CC12CC3CC(CC(C3)C1)C2)C(=O)C(F)(F)SOOO. The van der Waals surface area contributed by atoms with Gasteiger partial charge in [0.05, 0.1) is 0 Å². The second kappa shape index (κ2) is 5.89. The molecule has 0 saturated heterocycles. The van der Waals surface area contributed by atoms with Crippen molar-refractivity contribution in [1.29, 1.82) is 0 Å². The van der Waals surface area contributed by atoms with Crippen LogP contribution in [-0.4, -0.2) is 34.9 Å². The predicted octanol–water partition coefficient (Wildman–Crippen LogP) is 3.32. The highest BCUT2D eigenvalue weighted by Gasteiger charge is 2.53. The van der Waals surface area contributed by atoms with Crippen LogP contribution < -0.4 is 0 Å². The van der Waals surface area contributed by atoms with Gasteiger partial charge in [0, 0.05) is 13.6 Å². The van der Waals surface area contributed by atoms with Crippen LogP contribution in [0.25, 0.3) is 0 Å². The lowest BCUT2D eigenvalue weighted by Gasteiger charge is -2.57. The number of hydrogen-bond donors (Lipinski definition) is 1. The Morgan fingerprint density at radius 2 is 1.77 bits per heavy atom. The molecule has 0 aromatic heterocycles. The maximum absolute atomic E-state index is 13.7. The Morgan fingerprint density at radius 3 is 2.23 bits per heavy atom. The molecule has 4 saturated carbocycles. The molecule has 0 aromatic rings. The number of hydrogen-bond acceptors (Lipinski definition) is 5. The molecule has 0 unspecified atom stereocenters. The van der Waals surface area contributed by atoms with Crippen LogP contribution in [0.15, 0.2) is 0 Å². The van der Waals surface area contributed by atoms with Gasteiger partial charge in [0.15, 0.2) is 0 Å². The van der Waals surface area contributed by atoms with Crippen LogP contribution >= 0.6 is 12.0 Å². The molecule has 126 valence electrons. The molecule has 0 radical (unpaired) electrons. The van der Waals surface area contributed by atoms with Crippen molar-refractivity contribution in [3.63, 3.8) is 0 Å². The molecule has 0 atom stereocenters. The van der Waals surface area contributed by atoms with Gasteiger partial charge in [-0.2, -0.15) is 8.78 Å². The fraction of sp³-hybridized carbons (Fsp3) is 0.929. The molecule has 0 heterocycles. The lowest BCUT2D eigenvalue weighted by Crippen LogP contribution is -2.53. The minimum absolute atomic E-state index is 0.00818. The summed E-state index contributed by atoms with van der Waals surface area (Å²) in [6.45, 7) is 0.367. The average molecular weight is 337 g/mol. The number of nitrogens with zero attached hydrogens (tertiary/aromatic N) is 1. The first-order valence-corrected chi connectivity index (χ1v) is 8.37. The van der Waals surface area contributed by atoms with E-state index < -0.39 is 23.2 Å². The van der Waals surface area contributed by atoms with Crippen LogP contribution in [0.4, 0.5) is 8.78 Å². The summed E-state index contributed by atoms with van der Waals surface area (Å²) in [6.07, 6.45) is 6.95. The first-order chi connectivity index (χ1) is 10.3. The normalized spacial score (nSPS) is 36.6. The topological polar surface area (TPSA) is 59.0 Å². The minimum Gasteiger partial charge on any atom is -0.339 e. The predicted molar refractivity (Wildman–Crippen MR) is 75.6 cm³/mol. The molecule has 4 bridgehead atoms. The van der Waals surface area contributed by atoms with E-state index in [0.29, 0.717) is 24.3 Å². The van der Waals surface area contributed by atoms with Crippen LogP contribution in [-0.2, 0) is 14.2 Å². The van der Waals surface area contributed by atoms with E-state index in [1.165, 1.54) is 26.3 Å². The lowest BCUT2D eigenvalue weighted by molar-refractivity contribution is -0.433. The van der Waals surface area contributed by atoms with Crippen LogP contribution in [0.5, 0.6) is 0 Å². The molecule has 4 fully saturated rings. The molecule has 4 aliphatic carbocycles. The zero-order valence-electron chi connectivity index (χ0n) is 12.5. The molecule has 22 heavy (non-hydrogen) atoms. The maximum atomic E-state index is 13.7. The van der Waals surface area contributed by atoms with Crippen molar-refractivity contribution >= 4 is 17.9 Å². The van der Waals surface area contributed by atoms with Crippen LogP contribution in [0.3, 0.4) is 0 Å². The molecular weight excluding hydrogens is 316 g/mol. The van der Waals surface area contributed by atoms with E-state index in [1.807, 2.05) is 0 Å². The Morgan fingerprint density at radius 1 is 1.27 bits per heavy atom. The van der Waals surface area contributed by atoms with Crippen LogP contribution in [0.1, 0.15) is 38.5 Å². The standard InChI is InChI=1S/C14H21F2NO4S/c1-17(12(18)14(15,16)22-21-20-19)8-13-5-9-2-10(6-13)4-11(3-9)7-13/h9-11,19H,2-8H2,1H3. The van der Waals surface area contributed by atoms with Crippen molar-refractivity contribution < 1.29 is 28.2 Å². The Kier molecular flexibility index (Phi) is 4.39. The number of halogens is 2. The van der Waals surface area contributed by atoms with Crippen molar-refractivity contribution in [1.82, 2.24) is 4.90 Å². The molecule has 4 rings (SSSR count). The summed E-state index contributed by atoms with van der Waals surface area (Å²) >= 11 is -0.489. The third-order valence-electron chi connectivity index (χ3n) is 5.50. The molecule has 1 amide bonds. The number of carbonyl (C=O) groups is 1. The molecule has 4 aliphatic rings. The van der Waals surface area contributed by atoms with Crippen molar-refractivity contribution in [3.8, 4) is 0 Å². The molecule has 0 spiro atoms. The quantitative estimate of drug-likeness (QED) is 0.458. The average Bonchev–Trinajstić information content (AvgIpc) is 2.42. The summed E-state index contributed by atoms with van der Waals surface area (Å²) in [5, 5.41) is 7.34. The van der Waals surface area contributed by atoms with Gasteiger partial charge in [0.25, 0.3) is 0 Å².